The molecule has 4 rings (SSSR count). The molecule has 31 heavy (non-hydrogen) atoms. The normalized spacial score (nSPS) is 20.9. The Labute approximate surface area is 185 Å². The van der Waals surface area contributed by atoms with Crippen molar-refractivity contribution >= 4 is 23.4 Å². The minimum Gasteiger partial charge on any atom is -0.371 e. The fraction of sp³-hybridized carbons (Fsp3) is 0.640. The van der Waals surface area contributed by atoms with E-state index in [4.69, 9.17) is 0 Å². The average Bonchev–Trinajstić information content (AvgIpc) is 2.95. The van der Waals surface area contributed by atoms with Gasteiger partial charge in [0.05, 0.1) is 16.8 Å². The Hall–Kier alpha value is -2.37. The molecule has 1 aromatic carbocycles. The van der Waals surface area contributed by atoms with E-state index < -0.39 is 0 Å². The van der Waals surface area contributed by atoms with Crippen LogP contribution in [0.4, 0.5) is 5.69 Å². The number of hydrogen-bond donors (Lipinski definition) is 0. The zero-order chi connectivity index (χ0) is 22.1. The molecule has 6 nitrogen and oxygen atoms in total. The standard InChI is InChI=1S/C25H35N3O3/c1-17(2)26(3)23(29)18-13-15-27(16-14-18)21-12-8-11-20-22(21)25(31)28(24(20)30)19-9-6-4-5-7-10-19/h8,11-12,17-19H,4-7,9-10,13-16H2,1-3H3. The number of fused-ring (bicyclic) bond motifs is 1. The van der Waals surface area contributed by atoms with Gasteiger partial charge in [-0.05, 0) is 51.7 Å². The molecule has 0 aromatic heterocycles. The Morgan fingerprint density at radius 2 is 1.61 bits per heavy atom. The van der Waals surface area contributed by atoms with E-state index >= 15 is 0 Å². The van der Waals surface area contributed by atoms with Crippen molar-refractivity contribution in [1.82, 2.24) is 9.80 Å². The minimum absolute atomic E-state index is 0.0256. The number of anilines is 1. The number of carbonyl (C=O) groups is 3. The van der Waals surface area contributed by atoms with Gasteiger partial charge in [0.15, 0.2) is 0 Å². The molecule has 0 atom stereocenters. The van der Waals surface area contributed by atoms with Crippen LogP contribution in [0.25, 0.3) is 0 Å². The summed E-state index contributed by atoms with van der Waals surface area (Å²) in [6, 6.07) is 5.87. The largest absolute Gasteiger partial charge is 0.371 e. The number of nitrogens with zero attached hydrogens (tertiary/aromatic N) is 3. The van der Waals surface area contributed by atoms with Crippen molar-refractivity contribution in [3.05, 3.63) is 29.3 Å². The van der Waals surface area contributed by atoms with E-state index in [2.05, 4.69) is 4.90 Å². The highest BCUT2D eigenvalue weighted by Crippen LogP contribution is 2.37. The number of imide groups is 1. The number of benzene rings is 1. The van der Waals surface area contributed by atoms with Crippen molar-refractivity contribution in [1.29, 1.82) is 0 Å². The molecule has 1 saturated heterocycles. The summed E-state index contributed by atoms with van der Waals surface area (Å²) >= 11 is 0. The zero-order valence-corrected chi connectivity index (χ0v) is 19.1. The molecule has 1 aromatic rings. The fourth-order valence-corrected chi connectivity index (χ4v) is 5.31. The van der Waals surface area contributed by atoms with Crippen LogP contribution in [-0.4, -0.2) is 59.7 Å². The molecule has 1 saturated carbocycles. The van der Waals surface area contributed by atoms with Crippen molar-refractivity contribution in [2.24, 2.45) is 5.92 Å². The van der Waals surface area contributed by atoms with Gasteiger partial charge in [-0.1, -0.05) is 31.7 Å². The van der Waals surface area contributed by atoms with Crippen molar-refractivity contribution in [3.8, 4) is 0 Å². The first-order valence-electron chi connectivity index (χ1n) is 11.9. The van der Waals surface area contributed by atoms with Gasteiger partial charge in [-0.3, -0.25) is 19.3 Å². The van der Waals surface area contributed by atoms with Gasteiger partial charge in [-0.2, -0.15) is 0 Å². The SMILES string of the molecule is CC(C)N(C)C(=O)C1CCN(c2cccc3c2C(=O)N(C2CCCCCC2)C3=O)CC1. The third-order valence-corrected chi connectivity index (χ3v) is 7.42. The van der Waals surface area contributed by atoms with E-state index in [1.807, 2.05) is 37.9 Å². The van der Waals surface area contributed by atoms with Crippen LogP contribution in [0.1, 0.15) is 85.9 Å². The second-order valence-corrected chi connectivity index (χ2v) is 9.63. The van der Waals surface area contributed by atoms with Crippen molar-refractivity contribution in [2.45, 2.75) is 77.3 Å². The lowest BCUT2D eigenvalue weighted by molar-refractivity contribution is -0.136. The lowest BCUT2D eigenvalue weighted by atomic mass is 9.93. The van der Waals surface area contributed by atoms with Crippen LogP contribution in [0.15, 0.2) is 18.2 Å². The molecule has 2 aliphatic heterocycles. The summed E-state index contributed by atoms with van der Waals surface area (Å²) in [4.78, 5) is 44.9. The van der Waals surface area contributed by atoms with Crippen LogP contribution >= 0.6 is 0 Å². The van der Waals surface area contributed by atoms with Crippen molar-refractivity contribution < 1.29 is 14.4 Å². The molecule has 6 heteroatoms. The second-order valence-electron chi connectivity index (χ2n) is 9.63. The summed E-state index contributed by atoms with van der Waals surface area (Å²) in [5.41, 5.74) is 1.97. The first kappa shape index (κ1) is 21.8. The molecular formula is C25H35N3O3. The number of piperidine rings is 1. The number of rotatable bonds is 4. The highest BCUT2D eigenvalue weighted by Gasteiger charge is 2.42. The third-order valence-electron chi connectivity index (χ3n) is 7.42. The van der Waals surface area contributed by atoms with Crippen LogP contribution < -0.4 is 4.90 Å². The highest BCUT2D eigenvalue weighted by molar-refractivity contribution is 6.24. The van der Waals surface area contributed by atoms with Crippen LogP contribution in [0, 0.1) is 5.92 Å². The third kappa shape index (κ3) is 4.09. The number of amides is 3. The number of carbonyl (C=O) groups excluding carboxylic acids is 3. The summed E-state index contributed by atoms with van der Waals surface area (Å²) in [6.07, 6.45) is 7.90. The maximum atomic E-state index is 13.4. The van der Waals surface area contributed by atoms with Crippen molar-refractivity contribution in [3.63, 3.8) is 0 Å². The maximum absolute atomic E-state index is 13.4. The minimum atomic E-state index is -0.127. The van der Waals surface area contributed by atoms with Crippen LogP contribution in [0.5, 0.6) is 0 Å². The van der Waals surface area contributed by atoms with Gasteiger partial charge in [0.2, 0.25) is 5.91 Å². The van der Waals surface area contributed by atoms with Gasteiger partial charge < -0.3 is 9.80 Å². The van der Waals surface area contributed by atoms with E-state index in [0.717, 1.165) is 57.3 Å². The smallest absolute Gasteiger partial charge is 0.263 e. The first-order valence-corrected chi connectivity index (χ1v) is 11.9. The van der Waals surface area contributed by atoms with E-state index in [9.17, 15) is 14.4 Å². The summed E-state index contributed by atoms with van der Waals surface area (Å²) in [6.45, 7) is 5.51. The summed E-state index contributed by atoms with van der Waals surface area (Å²) in [5.74, 6) is -0.0171. The zero-order valence-electron chi connectivity index (χ0n) is 19.1. The van der Waals surface area contributed by atoms with E-state index in [1.165, 1.54) is 12.8 Å². The van der Waals surface area contributed by atoms with Gasteiger partial charge >= 0.3 is 0 Å². The first-order chi connectivity index (χ1) is 14.9. The molecule has 3 amide bonds. The lowest BCUT2D eigenvalue weighted by Gasteiger charge is -2.36. The quantitative estimate of drug-likeness (QED) is 0.539. The summed E-state index contributed by atoms with van der Waals surface area (Å²) < 4.78 is 0. The molecule has 0 unspecified atom stereocenters. The van der Waals surface area contributed by atoms with Gasteiger partial charge in [0, 0.05) is 38.1 Å². The van der Waals surface area contributed by atoms with Crippen LogP contribution in [-0.2, 0) is 4.79 Å². The van der Waals surface area contributed by atoms with E-state index in [1.54, 1.807) is 11.0 Å². The van der Waals surface area contributed by atoms with Crippen LogP contribution in [0.2, 0.25) is 0 Å². The molecule has 2 fully saturated rings. The Morgan fingerprint density at radius 3 is 2.23 bits per heavy atom. The Bertz CT molecular complexity index is 850. The molecular weight excluding hydrogens is 390 g/mol. The Morgan fingerprint density at radius 1 is 0.968 bits per heavy atom. The topological polar surface area (TPSA) is 60.9 Å². The summed E-state index contributed by atoms with van der Waals surface area (Å²) in [7, 11) is 1.87. The van der Waals surface area contributed by atoms with Gasteiger partial charge in [0.25, 0.3) is 11.8 Å². The molecule has 2 heterocycles. The summed E-state index contributed by atoms with van der Waals surface area (Å²) in [5, 5.41) is 0. The lowest BCUT2D eigenvalue weighted by Crippen LogP contribution is -2.44. The molecule has 0 radical (unpaired) electrons. The molecule has 0 spiro atoms. The van der Waals surface area contributed by atoms with Gasteiger partial charge in [-0.15, -0.1) is 0 Å². The molecule has 3 aliphatic rings. The monoisotopic (exact) mass is 425 g/mol. The Kier molecular flexibility index (Phi) is 6.35. The number of hydrogen-bond acceptors (Lipinski definition) is 4. The van der Waals surface area contributed by atoms with E-state index in [0.29, 0.717) is 11.1 Å². The predicted octanol–water partition coefficient (Wildman–Crippen LogP) is 4.09. The molecule has 1 aliphatic carbocycles. The fourth-order valence-electron chi connectivity index (χ4n) is 5.31. The predicted molar refractivity (Wildman–Crippen MR) is 121 cm³/mol. The second kappa shape index (κ2) is 9.01. The average molecular weight is 426 g/mol. The molecule has 0 N–H and O–H groups in total. The van der Waals surface area contributed by atoms with Crippen LogP contribution in [0.3, 0.4) is 0 Å². The van der Waals surface area contributed by atoms with Gasteiger partial charge in [-0.25, -0.2) is 0 Å². The van der Waals surface area contributed by atoms with E-state index in [-0.39, 0.29) is 35.7 Å². The molecule has 0 bridgehead atoms. The Balaban J connectivity index is 1.51. The maximum Gasteiger partial charge on any atom is 0.263 e. The van der Waals surface area contributed by atoms with Gasteiger partial charge in [0.1, 0.15) is 0 Å². The molecule has 168 valence electrons. The van der Waals surface area contributed by atoms with Crippen molar-refractivity contribution in [2.75, 3.05) is 25.0 Å². The highest BCUT2D eigenvalue weighted by atomic mass is 16.2.